The lowest BCUT2D eigenvalue weighted by Gasteiger charge is -2.35. The number of nitrogens with one attached hydrogen (secondary N) is 1. The summed E-state index contributed by atoms with van der Waals surface area (Å²) >= 11 is 0. The zero-order valence-corrected chi connectivity index (χ0v) is 21.8. The van der Waals surface area contributed by atoms with E-state index in [1.54, 1.807) is 17.4 Å². The number of anilines is 3. The van der Waals surface area contributed by atoms with Crippen LogP contribution in [0.2, 0.25) is 0 Å². The molecule has 1 saturated heterocycles. The van der Waals surface area contributed by atoms with Gasteiger partial charge in [0.1, 0.15) is 29.5 Å². The van der Waals surface area contributed by atoms with E-state index in [1.807, 2.05) is 61.0 Å². The Morgan fingerprint density at radius 3 is 2.64 bits per heavy atom. The van der Waals surface area contributed by atoms with Gasteiger partial charge in [0, 0.05) is 50.4 Å². The molecule has 0 saturated carbocycles. The molecule has 5 aromatic rings. The Morgan fingerprint density at radius 2 is 1.85 bits per heavy atom. The topological polar surface area (TPSA) is 101 Å². The molecule has 1 aliphatic rings. The molecule has 0 radical (unpaired) electrons. The van der Waals surface area contributed by atoms with Crippen molar-refractivity contribution in [2.75, 3.05) is 36.4 Å². The number of nitrogens with zero attached hydrogens (tertiary/aromatic N) is 7. The quantitative estimate of drug-likeness (QED) is 0.325. The largest absolute Gasteiger partial charge is 0.457 e. The lowest BCUT2D eigenvalue weighted by atomic mass is 10.2. The predicted octanol–water partition coefficient (Wildman–Crippen LogP) is 4.59. The highest BCUT2D eigenvalue weighted by Crippen LogP contribution is 2.31. The molecule has 39 heavy (non-hydrogen) atoms. The van der Waals surface area contributed by atoms with Gasteiger partial charge in [0.2, 0.25) is 5.91 Å². The number of aromatic nitrogens is 5. The summed E-state index contributed by atoms with van der Waals surface area (Å²) in [6, 6.07) is 13.8. The van der Waals surface area contributed by atoms with E-state index in [2.05, 4.69) is 36.7 Å². The molecule has 4 heterocycles. The second-order valence-electron chi connectivity index (χ2n) is 9.51. The fourth-order valence-corrected chi connectivity index (χ4v) is 4.79. The van der Waals surface area contributed by atoms with Crippen LogP contribution in [0, 0.1) is 6.92 Å². The molecule has 0 unspecified atom stereocenters. The third kappa shape index (κ3) is 4.84. The number of carbonyl (C=O) groups excluding carboxylic acids is 1. The van der Waals surface area contributed by atoms with Gasteiger partial charge < -0.3 is 24.4 Å². The van der Waals surface area contributed by atoms with E-state index in [9.17, 15) is 4.79 Å². The second-order valence-corrected chi connectivity index (χ2v) is 9.51. The third-order valence-corrected chi connectivity index (χ3v) is 6.96. The summed E-state index contributed by atoms with van der Waals surface area (Å²) in [5, 5.41) is 4.31. The first kappa shape index (κ1) is 24.4. The Kier molecular flexibility index (Phi) is 6.28. The first-order chi connectivity index (χ1) is 19.0. The zero-order valence-electron chi connectivity index (χ0n) is 21.8. The lowest BCUT2D eigenvalue weighted by molar-refractivity contribution is -0.126. The molecular weight excluding hydrogens is 492 g/mol. The molecule has 1 fully saturated rings. The van der Waals surface area contributed by atoms with Crippen LogP contribution in [-0.2, 0) is 11.8 Å². The SMILES string of the molecule is C=CC(=O)N1CCN(c2cc3c(Nc4ccc(Oc5ccc6c(c5)ncn6C)c(C)c4)ncnc3cn2)CC1. The van der Waals surface area contributed by atoms with Crippen LogP contribution in [0.5, 0.6) is 11.5 Å². The number of imidazole rings is 1. The van der Waals surface area contributed by atoms with Gasteiger partial charge in [-0.2, -0.15) is 0 Å². The summed E-state index contributed by atoms with van der Waals surface area (Å²) in [6.07, 6.45) is 6.45. The number of piperazine rings is 1. The Bertz CT molecular complexity index is 1710. The van der Waals surface area contributed by atoms with Crippen molar-refractivity contribution >= 4 is 45.2 Å². The second kappa shape index (κ2) is 10.1. The zero-order chi connectivity index (χ0) is 26.9. The summed E-state index contributed by atoms with van der Waals surface area (Å²) in [4.78, 5) is 33.8. The summed E-state index contributed by atoms with van der Waals surface area (Å²) in [7, 11) is 1.97. The molecule has 0 atom stereocenters. The predicted molar refractivity (Wildman–Crippen MR) is 152 cm³/mol. The van der Waals surface area contributed by atoms with Crippen molar-refractivity contribution in [2.24, 2.45) is 7.05 Å². The first-order valence-electron chi connectivity index (χ1n) is 12.7. The molecule has 0 bridgehead atoms. The highest BCUT2D eigenvalue weighted by Gasteiger charge is 2.21. The molecule has 10 heteroatoms. The van der Waals surface area contributed by atoms with Gasteiger partial charge in [-0.1, -0.05) is 6.58 Å². The van der Waals surface area contributed by atoms with Gasteiger partial charge in [-0.25, -0.2) is 19.9 Å². The molecule has 0 aliphatic carbocycles. The summed E-state index contributed by atoms with van der Waals surface area (Å²) in [5.74, 6) is 2.99. The number of benzene rings is 2. The van der Waals surface area contributed by atoms with E-state index in [-0.39, 0.29) is 5.91 Å². The van der Waals surface area contributed by atoms with Crippen LogP contribution in [-0.4, -0.2) is 61.5 Å². The maximum absolute atomic E-state index is 11.9. The van der Waals surface area contributed by atoms with E-state index in [4.69, 9.17) is 4.74 Å². The molecule has 1 N–H and O–H groups in total. The number of rotatable bonds is 6. The summed E-state index contributed by atoms with van der Waals surface area (Å²) in [5.41, 5.74) is 4.56. The average Bonchev–Trinajstić information content (AvgIpc) is 3.34. The minimum absolute atomic E-state index is 0.0398. The summed E-state index contributed by atoms with van der Waals surface area (Å²) in [6.45, 7) is 8.25. The van der Waals surface area contributed by atoms with E-state index >= 15 is 0 Å². The average molecular weight is 521 g/mol. The van der Waals surface area contributed by atoms with Crippen LogP contribution in [0.25, 0.3) is 21.9 Å². The number of aryl methyl sites for hydroxylation is 2. The molecule has 0 spiro atoms. The highest BCUT2D eigenvalue weighted by molar-refractivity contribution is 5.92. The van der Waals surface area contributed by atoms with Gasteiger partial charge in [-0.3, -0.25) is 4.79 Å². The van der Waals surface area contributed by atoms with Gasteiger partial charge in [0.15, 0.2) is 0 Å². The Morgan fingerprint density at radius 1 is 1.00 bits per heavy atom. The number of fused-ring (bicyclic) bond motifs is 2. The minimum Gasteiger partial charge on any atom is -0.457 e. The van der Waals surface area contributed by atoms with E-state index in [0.29, 0.717) is 32.0 Å². The van der Waals surface area contributed by atoms with Crippen molar-refractivity contribution in [1.82, 2.24) is 29.4 Å². The highest BCUT2D eigenvalue weighted by atomic mass is 16.5. The number of amides is 1. The molecule has 1 aliphatic heterocycles. The van der Waals surface area contributed by atoms with E-state index in [1.165, 1.54) is 12.4 Å². The number of hydrogen-bond donors (Lipinski definition) is 1. The van der Waals surface area contributed by atoms with Crippen molar-refractivity contribution in [3.63, 3.8) is 0 Å². The number of pyridine rings is 1. The van der Waals surface area contributed by atoms with Crippen molar-refractivity contribution in [1.29, 1.82) is 0 Å². The monoisotopic (exact) mass is 520 g/mol. The number of hydrogen-bond acceptors (Lipinski definition) is 8. The van der Waals surface area contributed by atoms with Crippen LogP contribution in [0.1, 0.15) is 5.56 Å². The van der Waals surface area contributed by atoms with Crippen LogP contribution >= 0.6 is 0 Å². The maximum atomic E-state index is 11.9. The van der Waals surface area contributed by atoms with Crippen LogP contribution in [0.15, 0.2) is 74.0 Å². The van der Waals surface area contributed by atoms with Gasteiger partial charge in [-0.15, -0.1) is 0 Å². The fraction of sp³-hybridized carbons (Fsp3) is 0.207. The first-order valence-corrected chi connectivity index (χ1v) is 12.7. The molecule has 10 nitrogen and oxygen atoms in total. The smallest absolute Gasteiger partial charge is 0.246 e. The maximum Gasteiger partial charge on any atom is 0.246 e. The Labute approximate surface area is 225 Å². The Hall–Kier alpha value is -4.99. The van der Waals surface area contributed by atoms with Gasteiger partial charge in [-0.05, 0) is 55.0 Å². The van der Waals surface area contributed by atoms with Crippen molar-refractivity contribution in [3.8, 4) is 11.5 Å². The standard InChI is InChI=1S/C29H28N8O2/c1-4-28(38)37-11-9-36(10-12-37)27-15-22-24(16-30-27)31-17-32-29(22)34-20-5-8-26(19(2)13-20)39-21-6-7-25-23(14-21)33-18-35(25)3/h4-8,13-18H,1,9-12H2,2-3H3,(H,31,32,34). The number of ether oxygens (including phenoxy) is 1. The van der Waals surface area contributed by atoms with E-state index < -0.39 is 0 Å². The fourth-order valence-electron chi connectivity index (χ4n) is 4.79. The van der Waals surface area contributed by atoms with Crippen molar-refractivity contribution < 1.29 is 9.53 Å². The molecule has 1 amide bonds. The normalized spacial score (nSPS) is 13.6. The molecule has 6 rings (SSSR count). The molecule has 196 valence electrons. The molecule has 2 aromatic carbocycles. The van der Waals surface area contributed by atoms with E-state index in [0.717, 1.165) is 50.5 Å². The van der Waals surface area contributed by atoms with Gasteiger partial charge in [0.25, 0.3) is 0 Å². The minimum atomic E-state index is -0.0398. The van der Waals surface area contributed by atoms with Crippen LogP contribution in [0.3, 0.4) is 0 Å². The summed E-state index contributed by atoms with van der Waals surface area (Å²) < 4.78 is 8.15. The van der Waals surface area contributed by atoms with Gasteiger partial charge in [0.05, 0.1) is 29.1 Å². The van der Waals surface area contributed by atoms with Gasteiger partial charge >= 0.3 is 0 Å². The third-order valence-electron chi connectivity index (χ3n) is 6.96. The van der Waals surface area contributed by atoms with Crippen LogP contribution in [0.4, 0.5) is 17.3 Å². The lowest BCUT2D eigenvalue weighted by Crippen LogP contribution is -2.48. The number of carbonyl (C=O) groups is 1. The molecular formula is C29H28N8O2. The van der Waals surface area contributed by atoms with Crippen molar-refractivity contribution in [2.45, 2.75) is 6.92 Å². The van der Waals surface area contributed by atoms with Crippen molar-refractivity contribution in [3.05, 3.63) is 79.5 Å². The molecule has 3 aromatic heterocycles. The Balaban J connectivity index is 1.20. The van der Waals surface area contributed by atoms with Crippen LogP contribution < -0.4 is 15.0 Å².